The fourth-order valence-corrected chi connectivity index (χ4v) is 4.19. The van der Waals surface area contributed by atoms with Gasteiger partial charge in [-0.2, -0.15) is 4.31 Å². The largest absolute Gasteiger partial charge is 0.325 e. The fraction of sp³-hybridized carbons (Fsp3) is 0.136. The SMILES string of the molecule is CN(CC(=O)Nc1ccccc1Cc1ccccc1)S(=O)(=O)c1cccc([N+](=O)[O-])c1. The van der Waals surface area contributed by atoms with Crippen molar-refractivity contribution in [1.82, 2.24) is 4.31 Å². The minimum Gasteiger partial charge on any atom is -0.325 e. The maximum absolute atomic E-state index is 12.7. The van der Waals surface area contributed by atoms with Crippen LogP contribution in [-0.2, 0) is 21.2 Å². The normalized spacial score (nSPS) is 11.3. The number of carbonyl (C=O) groups is 1. The van der Waals surface area contributed by atoms with E-state index in [1.54, 1.807) is 12.1 Å². The van der Waals surface area contributed by atoms with Gasteiger partial charge in [0.25, 0.3) is 5.69 Å². The predicted octanol–water partition coefficient (Wildman–Crippen LogP) is 3.44. The van der Waals surface area contributed by atoms with E-state index in [1.165, 1.54) is 25.2 Å². The second kappa shape index (κ2) is 9.50. The molecule has 1 N–H and O–H groups in total. The zero-order valence-corrected chi connectivity index (χ0v) is 17.6. The van der Waals surface area contributed by atoms with Gasteiger partial charge in [-0.3, -0.25) is 14.9 Å². The molecular formula is C22H21N3O5S. The van der Waals surface area contributed by atoms with E-state index in [-0.39, 0.29) is 10.6 Å². The van der Waals surface area contributed by atoms with Crippen molar-refractivity contribution in [3.8, 4) is 0 Å². The topological polar surface area (TPSA) is 110 Å². The molecular weight excluding hydrogens is 418 g/mol. The Morgan fingerprint density at radius 2 is 1.68 bits per heavy atom. The first-order valence-corrected chi connectivity index (χ1v) is 10.8. The number of anilines is 1. The van der Waals surface area contributed by atoms with Gasteiger partial charge in [-0.25, -0.2) is 8.42 Å². The maximum Gasteiger partial charge on any atom is 0.270 e. The first-order chi connectivity index (χ1) is 14.8. The summed E-state index contributed by atoms with van der Waals surface area (Å²) in [5.74, 6) is -0.517. The molecule has 0 radical (unpaired) electrons. The van der Waals surface area contributed by atoms with Crippen molar-refractivity contribution in [3.63, 3.8) is 0 Å². The molecule has 1 amide bonds. The standard InChI is InChI=1S/C22H21N3O5S/c1-24(31(29,30)20-12-7-11-19(15-20)25(27)28)16-22(26)23-21-13-6-5-10-18(21)14-17-8-3-2-4-9-17/h2-13,15H,14,16H2,1H3,(H,23,26). The lowest BCUT2D eigenvalue weighted by Crippen LogP contribution is -2.35. The second-order valence-electron chi connectivity index (χ2n) is 6.88. The third kappa shape index (κ3) is 5.53. The van der Waals surface area contributed by atoms with E-state index in [0.29, 0.717) is 12.1 Å². The van der Waals surface area contributed by atoms with E-state index in [0.717, 1.165) is 21.5 Å². The number of nitro benzene ring substituents is 1. The van der Waals surface area contributed by atoms with Crippen LogP contribution in [0.2, 0.25) is 0 Å². The summed E-state index contributed by atoms with van der Waals surface area (Å²) < 4.78 is 26.3. The van der Waals surface area contributed by atoms with Crippen LogP contribution in [0.3, 0.4) is 0 Å². The summed E-state index contributed by atoms with van der Waals surface area (Å²) in [4.78, 5) is 22.6. The lowest BCUT2D eigenvalue weighted by molar-refractivity contribution is -0.385. The third-order valence-corrected chi connectivity index (χ3v) is 6.43. The number of benzene rings is 3. The van der Waals surface area contributed by atoms with Crippen molar-refractivity contribution in [2.45, 2.75) is 11.3 Å². The Balaban J connectivity index is 1.72. The molecule has 0 saturated heterocycles. The van der Waals surface area contributed by atoms with E-state index in [2.05, 4.69) is 5.32 Å². The summed E-state index contributed by atoms with van der Waals surface area (Å²) in [7, 11) is -2.82. The van der Waals surface area contributed by atoms with Crippen molar-refractivity contribution in [2.75, 3.05) is 18.9 Å². The number of likely N-dealkylation sites (N-methyl/N-ethyl adjacent to an activating group) is 1. The highest BCUT2D eigenvalue weighted by Gasteiger charge is 2.25. The Morgan fingerprint density at radius 1 is 1.00 bits per heavy atom. The predicted molar refractivity (Wildman–Crippen MR) is 117 cm³/mol. The van der Waals surface area contributed by atoms with E-state index in [9.17, 15) is 23.3 Å². The molecule has 0 bridgehead atoms. The lowest BCUT2D eigenvalue weighted by Gasteiger charge is -2.18. The molecule has 31 heavy (non-hydrogen) atoms. The van der Waals surface area contributed by atoms with Gasteiger partial charge < -0.3 is 5.32 Å². The molecule has 0 spiro atoms. The average molecular weight is 439 g/mol. The van der Waals surface area contributed by atoms with E-state index in [1.807, 2.05) is 42.5 Å². The number of rotatable bonds is 8. The number of nitrogens with zero attached hydrogens (tertiary/aromatic N) is 2. The maximum atomic E-state index is 12.7. The van der Waals surface area contributed by atoms with Gasteiger partial charge in [-0.1, -0.05) is 54.6 Å². The Kier molecular flexibility index (Phi) is 6.78. The number of nitrogens with one attached hydrogen (secondary N) is 1. The minimum absolute atomic E-state index is 0.249. The van der Waals surface area contributed by atoms with E-state index < -0.39 is 27.4 Å². The second-order valence-corrected chi connectivity index (χ2v) is 8.93. The van der Waals surface area contributed by atoms with Crippen LogP contribution in [0.25, 0.3) is 0 Å². The number of hydrogen-bond acceptors (Lipinski definition) is 5. The van der Waals surface area contributed by atoms with Crippen molar-refractivity contribution in [2.24, 2.45) is 0 Å². The van der Waals surface area contributed by atoms with Crippen molar-refractivity contribution in [1.29, 1.82) is 0 Å². The molecule has 0 atom stereocenters. The molecule has 160 valence electrons. The lowest BCUT2D eigenvalue weighted by atomic mass is 10.0. The first kappa shape index (κ1) is 22.1. The summed E-state index contributed by atoms with van der Waals surface area (Å²) in [6.45, 7) is -0.440. The molecule has 9 heteroatoms. The molecule has 0 aliphatic carbocycles. The van der Waals surface area contributed by atoms with Crippen LogP contribution in [0.5, 0.6) is 0 Å². The van der Waals surface area contributed by atoms with Crippen molar-refractivity contribution >= 4 is 27.3 Å². The minimum atomic E-state index is -4.07. The molecule has 0 aliphatic rings. The fourth-order valence-electron chi connectivity index (χ4n) is 3.03. The average Bonchev–Trinajstić information content (AvgIpc) is 2.76. The summed E-state index contributed by atoms with van der Waals surface area (Å²) in [6.07, 6.45) is 0.610. The number of amides is 1. The number of hydrogen-bond donors (Lipinski definition) is 1. The molecule has 0 aliphatic heterocycles. The number of sulfonamides is 1. The molecule has 0 aromatic heterocycles. The number of carbonyl (C=O) groups excluding carboxylic acids is 1. The third-order valence-electron chi connectivity index (χ3n) is 4.63. The van der Waals surface area contributed by atoms with Crippen LogP contribution in [-0.4, -0.2) is 37.1 Å². The number of para-hydroxylation sites is 1. The molecule has 3 aromatic rings. The Morgan fingerprint density at radius 3 is 2.39 bits per heavy atom. The number of non-ortho nitro benzene ring substituents is 1. The summed E-state index contributed by atoms with van der Waals surface area (Å²) in [6, 6.07) is 21.8. The van der Waals surface area contributed by atoms with Gasteiger partial charge in [0.15, 0.2) is 0 Å². The Hall–Kier alpha value is -3.56. The highest BCUT2D eigenvalue weighted by atomic mass is 32.2. The monoisotopic (exact) mass is 439 g/mol. The molecule has 0 fully saturated rings. The zero-order valence-electron chi connectivity index (χ0n) is 16.8. The summed E-state index contributed by atoms with van der Waals surface area (Å²) in [5, 5.41) is 13.7. The molecule has 3 rings (SSSR count). The van der Waals surface area contributed by atoms with Crippen LogP contribution in [0.4, 0.5) is 11.4 Å². The van der Waals surface area contributed by atoms with Crippen LogP contribution in [0, 0.1) is 10.1 Å². The summed E-state index contributed by atoms with van der Waals surface area (Å²) in [5.41, 5.74) is 2.23. The Bertz CT molecular complexity index is 1200. The highest BCUT2D eigenvalue weighted by Crippen LogP contribution is 2.21. The quantitative estimate of drug-likeness (QED) is 0.427. The van der Waals surface area contributed by atoms with Gasteiger partial charge >= 0.3 is 0 Å². The van der Waals surface area contributed by atoms with E-state index in [4.69, 9.17) is 0 Å². The van der Waals surface area contributed by atoms with Gasteiger partial charge in [-0.05, 0) is 29.7 Å². The van der Waals surface area contributed by atoms with Crippen LogP contribution >= 0.6 is 0 Å². The molecule has 3 aromatic carbocycles. The van der Waals surface area contributed by atoms with Crippen LogP contribution < -0.4 is 5.32 Å². The Labute approximate surface area is 180 Å². The zero-order chi connectivity index (χ0) is 22.4. The van der Waals surface area contributed by atoms with E-state index >= 15 is 0 Å². The highest BCUT2D eigenvalue weighted by molar-refractivity contribution is 7.89. The van der Waals surface area contributed by atoms with Gasteiger partial charge in [-0.15, -0.1) is 0 Å². The van der Waals surface area contributed by atoms with Crippen molar-refractivity contribution < 1.29 is 18.1 Å². The first-order valence-electron chi connectivity index (χ1n) is 9.40. The van der Waals surface area contributed by atoms with Crippen LogP contribution in [0.15, 0.2) is 83.8 Å². The molecule has 8 nitrogen and oxygen atoms in total. The van der Waals surface area contributed by atoms with Crippen molar-refractivity contribution in [3.05, 3.63) is 100 Å². The molecule has 0 unspecified atom stereocenters. The summed E-state index contributed by atoms with van der Waals surface area (Å²) >= 11 is 0. The molecule has 0 heterocycles. The van der Waals surface area contributed by atoms with Gasteiger partial charge in [0, 0.05) is 24.9 Å². The smallest absolute Gasteiger partial charge is 0.270 e. The van der Waals surface area contributed by atoms with Gasteiger partial charge in [0.05, 0.1) is 16.4 Å². The molecule has 0 saturated carbocycles. The van der Waals surface area contributed by atoms with Gasteiger partial charge in [0.1, 0.15) is 0 Å². The van der Waals surface area contributed by atoms with Crippen LogP contribution in [0.1, 0.15) is 11.1 Å². The number of nitro groups is 1. The van der Waals surface area contributed by atoms with Gasteiger partial charge in [0.2, 0.25) is 15.9 Å².